The lowest BCUT2D eigenvalue weighted by Gasteiger charge is -2.38. The molecule has 0 aromatic carbocycles. The molecule has 0 bridgehead atoms. The summed E-state index contributed by atoms with van der Waals surface area (Å²) in [6, 6.07) is 8.95. The van der Waals surface area contributed by atoms with Gasteiger partial charge in [-0.1, -0.05) is 6.07 Å². The summed E-state index contributed by atoms with van der Waals surface area (Å²) in [5.74, 6) is 0.464. The zero-order valence-electron chi connectivity index (χ0n) is 12.7. The highest BCUT2D eigenvalue weighted by Gasteiger charge is 2.35. The van der Waals surface area contributed by atoms with Crippen LogP contribution in [0.3, 0.4) is 0 Å². The minimum Gasteiger partial charge on any atom is -0.393 e. The van der Waals surface area contributed by atoms with Crippen LogP contribution in [0.2, 0.25) is 0 Å². The normalized spacial score (nSPS) is 21.3. The first-order chi connectivity index (χ1) is 11.1. The van der Waals surface area contributed by atoms with Crippen molar-refractivity contribution < 1.29 is 9.90 Å². The predicted octanol–water partition coefficient (Wildman–Crippen LogP) is 1.17. The highest BCUT2D eigenvalue weighted by molar-refractivity contribution is 5.94. The van der Waals surface area contributed by atoms with Gasteiger partial charge in [-0.3, -0.25) is 9.78 Å². The molecule has 23 heavy (non-hydrogen) atoms. The van der Waals surface area contributed by atoms with Gasteiger partial charge in [0.1, 0.15) is 5.82 Å². The molecule has 120 valence electrons. The number of nitrogen functional groups attached to an aromatic ring is 1. The van der Waals surface area contributed by atoms with Gasteiger partial charge in [-0.15, -0.1) is 0 Å². The number of nitrogens with one attached hydrogen (secondary N) is 1. The summed E-state index contributed by atoms with van der Waals surface area (Å²) >= 11 is 0. The van der Waals surface area contributed by atoms with Crippen molar-refractivity contribution in [1.29, 1.82) is 0 Å². The summed E-state index contributed by atoms with van der Waals surface area (Å²) < 4.78 is 0. The Morgan fingerprint density at radius 2 is 2.13 bits per heavy atom. The van der Waals surface area contributed by atoms with Gasteiger partial charge in [-0.25, -0.2) is 4.98 Å². The second-order valence-electron chi connectivity index (χ2n) is 5.96. The van der Waals surface area contributed by atoms with Gasteiger partial charge < -0.3 is 16.2 Å². The summed E-state index contributed by atoms with van der Waals surface area (Å²) in [5.41, 5.74) is 6.95. The third-order valence-corrected chi connectivity index (χ3v) is 4.24. The molecule has 4 N–H and O–H groups in total. The molecule has 6 nitrogen and oxygen atoms in total. The van der Waals surface area contributed by atoms with Crippen LogP contribution in [-0.4, -0.2) is 33.1 Å². The number of hydrogen-bond acceptors (Lipinski definition) is 5. The molecule has 0 aliphatic heterocycles. The molecule has 2 aromatic rings. The fourth-order valence-corrected chi connectivity index (χ4v) is 2.83. The van der Waals surface area contributed by atoms with Gasteiger partial charge in [0.05, 0.1) is 11.7 Å². The highest BCUT2D eigenvalue weighted by atomic mass is 16.3. The Bertz CT molecular complexity index is 654. The van der Waals surface area contributed by atoms with Crippen molar-refractivity contribution in [3.63, 3.8) is 0 Å². The lowest BCUT2D eigenvalue weighted by Crippen LogP contribution is -2.48. The van der Waals surface area contributed by atoms with Crippen molar-refractivity contribution in [2.24, 2.45) is 5.92 Å². The molecule has 1 saturated carbocycles. The Balaban J connectivity index is 1.70. The van der Waals surface area contributed by atoms with Gasteiger partial charge >= 0.3 is 0 Å². The van der Waals surface area contributed by atoms with E-state index in [2.05, 4.69) is 15.3 Å². The fraction of sp³-hybridized carbons (Fsp3) is 0.353. The van der Waals surface area contributed by atoms with Crippen LogP contribution in [0, 0.1) is 5.92 Å². The average Bonchev–Trinajstić information content (AvgIpc) is 2.53. The van der Waals surface area contributed by atoms with E-state index < -0.39 is 0 Å². The molecule has 6 heteroatoms. The number of amides is 1. The lowest BCUT2D eigenvalue weighted by molar-refractivity contribution is 0.0238. The minimum atomic E-state index is -0.263. The number of aromatic nitrogens is 2. The van der Waals surface area contributed by atoms with Crippen LogP contribution >= 0.6 is 0 Å². The van der Waals surface area contributed by atoms with Crippen molar-refractivity contribution in [2.45, 2.75) is 31.4 Å². The number of rotatable bonds is 5. The van der Waals surface area contributed by atoms with Crippen molar-refractivity contribution in [2.75, 3.05) is 5.73 Å². The summed E-state index contributed by atoms with van der Waals surface area (Å²) in [6.45, 7) is 0. The van der Waals surface area contributed by atoms with Crippen LogP contribution in [-0.2, 0) is 6.42 Å². The molecular weight excluding hydrogens is 292 g/mol. The Morgan fingerprint density at radius 1 is 1.30 bits per heavy atom. The smallest absolute Gasteiger partial charge is 0.253 e. The molecule has 1 fully saturated rings. The van der Waals surface area contributed by atoms with Crippen LogP contribution in [0.25, 0.3) is 0 Å². The molecule has 1 aliphatic carbocycles. The number of carbonyl (C=O) groups excluding carboxylic acids is 1. The molecule has 2 aromatic heterocycles. The van der Waals surface area contributed by atoms with Gasteiger partial charge in [0.15, 0.2) is 0 Å². The van der Waals surface area contributed by atoms with E-state index in [9.17, 15) is 9.90 Å². The second kappa shape index (κ2) is 6.75. The van der Waals surface area contributed by atoms with Gasteiger partial charge in [-0.05, 0) is 43.0 Å². The lowest BCUT2D eigenvalue weighted by atomic mass is 9.76. The standard InChI is InChI=1S/C17H20N4O2/c18-16-5-4-11(10-20-16)17(23)21-15(12-7-14(22)8-12)9-13-3-1-2-6-19-13/h1-6,10,12,14-15,22H,7-9H2,(H2,18,20)(H,21,23). The predicted molar refractivity (Wildman–Crippen MR) is 86.6 cm³/mol. The summed E-state index contributed by atoms with van der Waals surface area (Å²) in [7, 11) is 0. The van der Waals surface area contributed by atoms with E-state index in [0.717, 1.165) is 5.69 Å². The molecule has 2 heterocycles. The van der Waals surface area contributed by atoms with Crippen molar-refractivity contribution in [1.82, 2.24) is 15.3 Å². The average molecular weight is 312 g/mol. The zero-order chi connectivity index (χ0) is 16.2. The van der Waals surface area contributed by atoms with E-state index in [0.29, 0.717) is 30.6 Å². The fourth-order valence-electron chi connectivity index (χ4n) is 2.83. The Morgan fingerprint density at radius 3 is 2.74 bits per heavy atom. The van der Waals surface area contributed by atoms with Crippen molar-refractivity contribution in [3.8, 4) is 0 Å². The largest absolute Gasteiger partial charge is 0.393 e. The highest BCUT2D eigenvalue weighted by Crippen LogP contribution is 2.31. The molecule has 1 atom stereocenters. The van der Waals surface area contributed by atoms with Crippen molar-refractivity contribution in [3.05, 3.63) is 54.0 Å². The summed E-state index contributed by atoms with van der Waals surface area (Å²) in [4.78, 5) is 20.7. The number of nitrogens with two attached hydrogens (primary N) is 1. The van der Waals surface area contributed by atoms with Crippen LogP contribution in [0.5, 0.6) is 0 Å². The molecule has 1 unspecified atom stereocenters. The van der Waals surface area contributed by atoms with E-state index in [-0.39, 0.29) is 24.0 Å². The molecule has 0 radical (unpaired) electrons. The van der Waals surface area contributed by atoms with Gasteiger partial charge in [-0.2, -0.15) is 0 Å². The minimum absolute atomic E-state index is 0.0571. The maximum Gasteiger partial charge on any atom is 0.253 e. The van der Waals surface area contributed by atoms with E-state index in [4.69, 9.17) is 5.73 Å². The van der Waals surface area contributed by atoms with E-state index in [1.165, 1.54) is 6.20 Å². The number of nitrogens with zero attached hydrogens (tertiary/aromatic N) is 2. The third-order valence-electron chi connectivity index (χ3n) is 4.24. The molecule has 1 aliphatic rings. The molecule has 1 amide bonds. The first-order valence-corrected chi connectivity index (χ1v) is 7.72. The Labute approximate surface area is 134 Å². The van der Waals surface area contributed by atoms with Gasteiger partial charge in [0.25, 0.3) is 5.91 Å². The number of anilines is 1. The maximum absolute atomic E-state index is 12.4. The number of carbonyl (C=O) groups is 1. The van der Waals surface area contributed by atoms with Gasteiger partial charge in [0, 0.05) is 30.6 Å². The van der Waals surface area contributed by atoms with Crippen LogP contribution in [0.4, 0.5) is 5.82 Å². The molecular formula is C17H20N4O2. The molecule has 0 saturated heterocycles. The van der Waals surface area contributed by atoms with Crippen LogP contribution < -0.4 is 11.1 Å². The summed E-state index contributed by atoms with van der Waals surface area (Å²) in [5, 5.41) is 12.6. The van der Waals surface area contributed by atoms with E-state index in [1.807, 2.05) is 18.2 Å². The van der Waals surface area contributed by atoms with E-state index >= 15 is 0 Å². The Hall–Kier alpha value is -2.47. The van der Waals surface area contributed by atoms with Crippen LogP contribution in [0.15, 0.2) is 42.7 Å². The molecule has 0 spiro atoms. The third kappa shape index (κ3) is 3.84. The van der Waals surface area contributed by atoms with Gasteiger partial charge in [0.2, 0.25) is 0 Å². The number of aliphatic hydroxyl groups is 1. The Kier molecular flexibility index (Phi) is 4.52. The number of pyridine rings is 2. The topological polar surface area (TPSA) is 101 Å². The number of aliphatic hydroxyl groups excluding tert-OH is 1. The zero-order valence-corrected chi connectivity index (χ0v) is 12.7. The monoisotopic (exact) mass is 312 g/mol. The second-order valence-corrected chi connectivity index (χ2v) is 5.96. The summed E-state index contributed by atoms with van der Waals surface area (Å²) in [6.07, 6.45) is 5.01. The number of hydrogen-bond donors (Lipinski definition) is 3. The van der Waals surface area contributed by atoms with Crippen molar-refractivity contribution >= 4 is 11.7 Å². The first kappa shape index (κ1) is 15.4. The van der Waals surface area contributed by atoms with Crippen LogP contribution in [0.1, 0.15) is 28.9 Å². The maximum atomic E-state index is 12.4. The quantitative estimate of drug-likeness (QED) is 0.769. The molecule has 3 rings (SSSR count). The first-order valence-electron chi connectivity index (χ1n) is 7.72. The van der Waals surface area contributed by atoms with E-state index in [1.54, 1.807) is 18.3 Å². The SMILES string of the molecule is Nc1ccc(C(=O)NC(Cc2ccccn2)C2CC(O)C2)cn1.